The third-order valence-corrected chi connectivity index (χ3v) is 9.14. The van der Waals surface area contributed by atoms with E-state index in [4.69, 9.17) is 28.1 Å². The number of rotatable bonds is 14. The number of ether oxygens (including phenoxy) is 6. The number of unbranched alkanes of at least 4 members (excludes halogenated alkanes) is 2. The molecule has 1 amide bonds. The molecule has 13 heteroatoms. The zero-order valence-electron chi connectivity index (χ0n) is 28.9. The van der Waals surface area contributed by atoms with Crippen molar-refractivity contribution < 1.29 is 52.3 Å². The lowest BCUT2D eigenvalue weighted by atomic mass is 9.91. The van der Waals surface area contributed by atoms with Crippen LogP contribution in [0.1, 0.15) is 101 Å². The molecule has 1 aromatic rings. The van der Waals surface area contributed by atoms with E-state index in [1.54, 1.807) is 31.6 Å². The van der Waals surface area contributed by atoms with Crippen LogP contribution in [0.5, 0.6) is 0 Å². The Labute approximate surface area is 289 Å². The molecule has 3 aliphatic rings. The van der Waals surface area contributed by atoms with E-state index in [0.717, 1.165) is 57.1 Å². The quantitative estimate of drug-likeness (QED) is 0.117. The Balaban J connectivity index is 1.31. The SMILES string of the molecule is COC(=O)NCC=Cc1nc(CCC=CC(=O)O[C@@H]2CC3C[C@H](OC)CC4CCC[C@@H](C[C@H](CCCCCO)OC(=O)C[C@H](C2)O3)O4)co1. The van der Waals surface area contributed by atoms with Crippen molar-refractivity contribution in [1.82, 2.24) is 10.3 Å². The molecule has 0 aromatic carbocycles. The summed E-state index contributed by atoms with van der Waals surface area (Å²) in [7, 11) is 3.00. The van der Waals surface area contributed by atoms with Gasteiger partial charge in [0.2, 0.25) is 5.89 Å². The number of esters is 2. The fraction of sp³-hybridized carbons (Fsp3) is 0.722. The molecule has 0 radical (unpaired) electrons. The van der Waals surface area contributed by atoms with Crippen LogP contribution in [-0.4, -0.2) is 98.2 Å². The van der Waals surface area contributed by atoms with E-state index in [2.05, 4.69) is 15.0 Å². The normalized spacial score (nSPS) is 28.1. The number of hydrogen-bond acceptors (Lipinski definition) is 12. The smallest absolute Gasteiger partial charge is 0.407 e. The van der Waals surface area contributed by atoms with Crippen molar-refractivity contribution in [1.29, 1.82) is 0 Å². The molecule has 1 aromatic heterocycles. The molecule has 4 rings (SSSR count). The highest BCUT2D eigenvalue weighted by Gasteiger charge is 2.37. The third-order valence-electron chi connectivity index (χ3n) is 9.14. The highest BCUT2D eigenvalue weighted by Crippen LogP contribution is 2.32. The number of oxazole rings is 1. The summed E-state index contributed by atoms with van der Waals surface area (Å²) >= 11 is 0. The van der Waals surface area contributed by atoms with Gasteiger partial charge in [0.05, 0.1) is 49.7 Å². The predicted octanol–water partition coefficient (Wildman–Crippen LogP) is 4.98. The fourth-order valence-electron chi connectivity index (χ4n) is 6.75. The van der Waals surface area contributed by atoms with E-state index in [0.29, 0.717) is 44.4 Å². The van der Waals surface area contributed by atoms with Crippen molar-refractivity contribution in [2.24, 2.45) is 0 Å². The van der Waals surface area contributed by atoms with Crippen LogP contribution in [-0.2, 0) is 44.4 Å². The number of fused-ring (bicyclic) bond motifs is 4. The molecule has 0 spiro atoms. The molecular formula is C36H54N2O11. The lowest BCUT2D eigenvalue weighted by molar-refractivity contribution is -0.171. The van der Waals surface area contributed by atoms with E-state index in [1.807, 2.05) is 0 Å². The first-order valence-corrected chi connectivity index (χ1v) is 17.8. The van der Waals surface area contributed by atoms with Gasteiger partial charge in [-0.25, -0.2) is 14.6 Å². The molecule has 49 heavy (non-hydrogen) atoms. The van der Waals surface area contributed by atoms with E-state index in [1.165, 1.54) is 13.2 Å². The van der Waals surface area contributed by atoms with Crippen molar-refractivity contribution in [2.75, 3.05) is 27.4 Å². The van der Waals surface area contributed by atoms with Gasteiger partial charge < -0.3 is 43.3 Å². The second-order valence-corrected chi connectivity index (χ2v) is 13.1. The number of aryl methyl sites for hydroxylation is 1. The van der Waals surface area contributed by atoms with E-state index in [9.17, 15) is 19.5 Å². The maximum absolute atomic E-state index is 13.2. The fourth-order valence-corrected chi connectivity index (χ4v) is 6.75. The number of nitrogens with one attached hydrogen (secondary N) is 1. The first-order valence-electron chi connectivity index (χ1n) is 17.8. The summed E-state index contributed by atoms with van der Waals surface area (Å²) in [4.78, 5) is 41.5. The Kier molecular flexibility index (Phi) is 16.6. The summed E-state index contributed by atoms with van der Waals surface area (Å²) in [6.45, 7) is 0.437. The van der Waals surface area contributed by atoms with Crippen LogP contribution < -0.4 is 5.32 Å². The second kappa shape index (κ2) is 21.1. The summed E-state index contributed by atoms with van der Waals surface area (Å²) in [5.74, 6) is -0.356. The zero-order chi connectivity index (χ0) is 34.8. The number of nitrogens with zero attached hydrogens (tertiary/aromatic N) is 1. The summed E-state index contributed by atoms with van der Waals surface area (Å²) in [6, 6.07) is 0. The minimum Gasteiger partial charge on any atom is -0.462 e. The van der Waals surface area contributed by atoms with Gasteiger partial charge in [-0.1, -0.05) is 18.6 Å². The van der Waals surface area contributed by atoms with Gasteiger partial charge in [0.25, 0.3) is 0 Å². The Morgan fingerprint density at radius 3 is 2.53 bits per heavy atom. The van der Waals surface area contributed by atoms with Crippen LogP contribution in [0, 0.1) is 0 Å². The van der Waals surface area contributed by atoms with Gasteiger partial charge in [0.15, 0.2) is 0 Å². The van der Waals surface area contributed by atoms with E-state index < -0.39 is 24.3 Å². The summed E-state index contributed by atoms with van der Waals surface area (Å²) in [6.07, 6.45) is 16.5. The molecule has 0 saturated carbocycles. The number of aliphatic hydroxyl groups is 1. The largest absolute Gasteiger partial charge is 0.462 e. The molecule has 3 saturated heterocycles. The number of cyclic esters (lactones) is 1. The highest BCUT2D eigenvalue weighted by molar-refractivity contribution is 5.82. The molecule has 7 atom stereocenters. The van der Waals surface area contributed by atoms with Crippen LogP contribution in [0.3, 0.4) is 0 Å². The van der Waals surface area contributed by atoms with Crippen molar-refractivity contribution in [3.05, 3.63) is 36.1 Å². The average molecular weight is 691 g/mol. The van der Waals surface area contributed by atoms with E-state index in [-0.39, 0.29) is 56.1 Å². The molecule has 274 valence electrons. The van der Waals surface area contributed by atoms with Crippen molar-refractivity contribution >= 4 is 24.1 Å². The van der Waals surface area contributed by atoms with Crippen molar-refractivity contribution in [2.45, 2.75) is 139 Å². The molecule has 13 nitrogen and oxygen atoms in total. The van der Waals surface area contributed by atoms with Gasteiger partial charge in [0, 0.05) is 45.6 Å². The molecule has 3 fully saturated rings. The minimum atomic E-state index is -0.520. The Hall–Kier alpha value is -3.26. The number of amides is 1. The Bertz CT molecular complexity index is 1220. The van der Waals surface area contributed by atoms with Crippen LogP contribution >= 0.6 is 0 Å². The maximum atomic E-state index is 13.2. The summed E-state index contributed by atoms with van der Waals surface area (Å²) in [5, 5.41) is 11.7. The van der Waals surface area contributed by atoms with Crippen LogP contribution in [0.4, 0.5) is 4.79 Å². The van der Waals surface area contributed by atoms with Gasteiger partial charge >= 0.3 is 18.0 Å². The number of aromatic nitrogens is 1. The van der Waals surface area contributed by atoms with Gasteiger partial charge in [-0.2, -0.15) is 0 Å². The van der Waals surface area contributed by atoms with Crippen molar-refractivity contribution in [3.8, 4) is 0 Å². The number of carbonyl (C=O) groups excluding carboxylic acids is 3. The van der Waals surface area contributed by atoms with Gasteiger partial charge in [-0.15, -0.1) is 0 Å². The van der Waals surface area contributed by atoms with Gasteiger partial charge in [-0.3, -0.25) is 4.79 Å². The average Bonchev–Trinajstić information content (AvgIpc) is 3.53. The number of aliphatic hydroxyl groups excluding tert-OH is 1. The van der Waals surface area contributed by atoms with E-state index >= 15 is 0 Å². The monoisotopic (exact) mass is 690 g/mol. The molecule has 4 bridgehead atoms. The lowest BCUT2D eigenvalue weighted by Crippen LogP contribution is -2.42. The first-order chi connectivity index (χ1) is 23.8. The number of alkyl carbamates (subject to hydrolysis) is 1. The Morgan fingerprint density at radius 2 is 1.73 bits per heavy atom. The van der Waals surface area contributed by atoms with Gasteiger partial charge in [0.1, 0.15) is 18.5 Å². The standard InChI is InChI=1S/C36H54N2O11/c1-43-29-19-27-13-8-12-26(46-27)18-28(11-4-3-7-17-39)48-35(41)23-32-22-31(21-30(20-29)47-32)49-34(40)15-6-5-10-25-24-45-33(38-25)14-9-16-37-36(42)44-2/h6,9,14-15,24,26-32,39H,3-5,7-8,10-13,16-23H2,1-2H3,(H,37,42)/t26-,27?,28-,29+,30?,31+,32-/m0/s1. The predicted molar refractivity (Wildman–Crippen MR) is 178 cm³/mol. The molecule has 2 N–H and O–H groups in total. The molecule has 2 unspecified atom stereocenters. The maximum Gasteiger partial charge on any atom is 0.407 e. The van der Waals surface area contributed by atoms with Crippen LogP contribution in [0.15, 0.2) is 28.9 Å². The molecular weight excluding hydrogens is 636 g/mol. The summed E-state index contributed by atoms with van der Waals surface area (Å²) in [5.41, 5.74) is 0.731. The highest BCUT2D eigenvalue weighted by atomic mass is 16.6. The lowest BCUT2D eigenvalue weighted by Gasteiger charge is -2.38. The summed E-state index contributed by atoms with van der Waals surface area (Å²) < 4.78 is 40.6. The molecule has 4 heterocycles. The van der Waals surface area contributed by atoms with Crippen LogP contribution in [0.25, 0.3) is 6.08 Å². The zero-order valence-corrected chi connectivity index (χ0v) is 28.9. The Morgan fingerprint density at radius 1 is 0.980 bits per heavy atom. The second-order valence-electron chi connectivity index (χ2n) is 13.1. The van der Waals surface area contributed by atoms with Crippen molar-refractivity contribution in [3.63, 3.8) is 0 Å². The third kappa shape index (κ3) is 14.2. The molecule has 0 aliphatic carbocycles. The first kappa shape index (κ1) is 38.5. The minimum absolute atomic E-state index is 0.0428. The topological polar surface area (TPSA) is 165 Å². The molecule has 3 aliphatic heterocycles. The van der Waals surface area contributed by atoms with Crippen LogP contribution in [0.2, 0.25) is 0 Å². The number of hydrogen-bond donors (Lipinski definition) is 2. The number of methoxy groups -OCH3 is 2. The number of carbonyl (C=O) groups is 3. The number of allylic oxidation sites excluding steroid dienone is 1. The van der Waals surface area contributed by atoms with Gasteiger partial charge in [-0.05, 0) is 70.3 Å².